The molecule has 2 heteroatoms. The van der Waals surface area contributed by atoms with Gasteiger partial charge in [0.15, 0.2) is 0 Å². The monoisotopic (exact) mass is 297 g/mol. The van der Waals surface area contributed by atoms with E-state index in [9.17, 15) is 0 Å². The van der Waals surface area contributed by atoms with Gasteiger partial charge in [-0.25, -0.2) is 0 Å². The third-order valence-electron chi connectivity index (χ3n) is 7.09. The van der Waals surface area contributed by atoms with Crippen LogP contribution in [0.4, 0.5) is 0 Å². The first kappa shape index (κ1) is 13.6. The quantitative estimate of drug-likeness (QED) is 0.828. The van der Waals surface area contributed by atoms with Gasteiger partial charge in [-0.2, -0.15) is 0 Å². The van der Waals surface area contributed by atoms with Crippen molar-refractivity contribution in [2.45, 2.75) is 62.5 Å². The van der Waals surface area contributed by atoms with E-state index < -0.39 is 0 Å². The van der Waals surface area contributed by atoms with Crippen molar-refractivity contribution in [3.63, 3.8) is 0 Å². The van der Waals surface area contributed by atoms with Gasteiger partial charge >= 0.3 is 0 Å². The highest BCUT2D eigenvalue weighted by molar-refractivity contribution is 5.41. The van der Waals surface area contributed by atoms with E-state index in [0.717, 1.165) is 18.6 Å². The first-order chi connectivity index (χ1) is 10.9. The molecule has 0 amide bonds. The second kappa shape index (κ2) is 5.07. The summed E-state index contributed by atoms with van der Waals surface area (Å²) >= 11 is 0. The van der Waals surface area contributed by atoms with E-state index in [-0.39, 0.29) is 0 Å². The van der Waals surface area contributed by atoms with Gasteiger partial charge in [0.25, 0.3) is 0 Å². The minimum atomic E-state index is 0.509. The van der Waals surface area contributed by atoms with E-state index in [4.69, 9.17) is 4.74 Å². The molecule has 5 rings (SSSR count). The maximum absolute atomic E-state index is 5.73. The number of ether oxygens (including phenoxy) is 1. The fraction of sp³-hybridized carbons (Fsp3) is 0.700. The Morgan fingerprint density at radius 1 is 1.14 bits per heavy atom. The van der Waals surface area contributed by atoms with Crippen LogP contribution in [0.2, 0.25) is 0 Å². The molecule has 1 unspecified atom stereocenters. The molecule has 0 radical (unpaired) electrons. The van der Waals surface area contributed by atoms with Crippen molar-refractivity contribution in [2.75, 3.05) is 19.7 Å². The smallest absolute Gasteiger partial charge is 0.0724 e. The summed E-state index contributed by atoms with van der Waals surface area (Å²) in [7, 11) is 0. The summed E-state index contributed by atoms with van der Waals surface area (Å²) in [6, 6.07) is 10.1. The lowest BCUT2D eigenvalue weighted by atomic mass is 9.52. The average molecular weight is 297 g/mol. The molecule has 3 fully saturated rings. The Hall–Kier alpha value is -0.860. The van der Waals surface area contributed by atoms with Gasteiger partial charge in [0.1, 0.15) is 0 Å². The lowest BCUT2D eigenvalue weighted by molar-refractivity contribution is -0.0947. The molecular weight excluding hydrogens is 270 g/mol. The molecule has 2 aliphatic carbocycles. The van der Waals surface area contributed by atoms with E-state index in [1.54, 1.807) is 11.1 Å². The van der Waals surface area contributed by atoms with Crippen LogP contribution in [-0.4, -0.2) is 36.7 Å². The number of piperidine rings is 1. The van der Waals surface area contributed by atoms with Gasteiger partial charge in [-0.3, -0.25) is 4.90 Å². The molecule has 0 N–H and O–H groups in total. The molecule has 1 aromatic rings. The van der Waals surface area contributed by atoms with E-state index in [1.807, 2.05) is 0 Å². The first-order valence-electron chi connectivity index (χ1n) is 9.31. The van der Waals surface area contributed by atoms with Crippen LogP contribution < -0.4 is 0 Å². The molecule has 0 aromatic heterocycles. The Kier molecular flexibility index (Phi) is 3.13. The van der Waals surface area contributed by atoms with Crippen molar-refractivity contribution < 1.29 is 4.74 Å². The van der Waals surface area contributed by atoms with Crippen LogP contribution in [0.3, 0.4) is 0 Å². The Labute approximate surface area is 133 Å². The topological polar surface area (TPSA) is 12.5 Å². The number of likely N-dealkylation sites (tertiary alicyclic amines) is 1. The highest BCUT2D eigenvalue weighted by Crippen LogP contribution is 2.55. The minimum absolute atomic E-state index is 0.509. The van der Waals surface area contributed by atoms with E-state index in [1.165, 1.54) is 58.0 Å². The summed E-state index contributed by atoms with van der Waals surface area (Å²) in [5.41, 5.74) is 3.87. The summed E-state index contributed by atoms with van der Waals surface area (Å²) < 4.78 is 5.73. The maximum atomic E-state index is 5.73. The molecule has 2 aliphatic heterocycles. The number of benzene rings is 1. The molecule has 1 aromatic carbocycles. The number of rotatable bonds is 2. The first-order valence-corrected chi connectivity index (χ1v) is 9.31. The highest BCUT2D eigenvalue weighted by Gasteiger charge is 2.53. The van der Waals surface area contributed by atoms with Crippen LogP contribution in [0.5, 0.6) is 0 Å². The SMILES string of the molecule is c1ccc2c(c1)C[C@@H]1[C@@H]3CCCC[C@]23CCN1CC1CCO1. The summed E-state index contributed by atoms with van der Waals surface area (Å²) in [6.07, 6.45) is 10.2. The largest absolute Gasteiger partial charge is 0.377 e. The maximum Gasteiger partial charge on any atom is 0.0724 e. The molecule has 2 bridgehead atoms. The Morgan fingerprint density at radius 3 is 2.91 bits per heavy atom. The molecule has 2 heterocycles. The number of nitrogens with zero attached hydrogens (tertiary/aromatic N) is 1. The Morgan fingerprint density at radius 2 is 2.05 bits per heavy atom. The molecule has 0 spiro atoms. The third kappa shape index (κ3) is 1.86. The second-order valence-corrected chi connectivity index (χ2v) is 7.96. The van der Waals surface area contributed by atoms with Gasteiger partial charge in [-0.05, 0) is 55.7 Å². The number of hydrogen-bond donors (Lipinski definition) is 0. The molecule has 2 nitrogen and oxygen atoms in total. The van der Waals surface area contributed by atoms with Crippen LogP contribution >= 0.6 is 0 Å². The molecular formula is C20H27NO. The van der Waals surface area contributed by atoms with E-state index in [2.05, 4.69) is 29.2 Å². The van der Waals surface area contributed by atoms with Gasteiger partial charge in [0.05, 0.1) is 6.10 Å². The van der Waals surface area contributed by atoms with Crippen molar-refractivity contribution >= 4 is 0 Å². The molecule has 4 aliphatic rings. The van der Waals surface area contributed by atoms with E-state index in [0.29, 0.717) is 11.5 Å². The Balaban J connectivity index is 1.52. The summed E-state index contributed by atoms with van der Waals surface area (Å²) in [5.74, 6) is 0.893. The fourth-order valence-electron chi connectivity index (χ4n) is 5.97. The van der Waals surface area contributed by atoms with Crippen LogP contribution in [0, 0.1) is 5.92 Å². The van der Waals surface area contributed by atoms with Gasteiger partial charge in [0, 0.05) is 24.6 Å². The van der Waals surface area contributed by atoms with Gasteiger partial charge in [0.2, 0.25) is 0 Å². The lowest BCUT2D eigenvalue weighted by Crippen LogP contribution is -2.62. The third-order valence-corrected chi connectivity index (χ3v) is 7.09. The fourth-order valence-corrected chi connectivity index (χ4v) is 5.97. The molecule has 4 atom stereocenters. The minimum Gasteiger partial charge on any atom is -0.377 e. The van der Waals surface area contributed by atoms with Gasteiger partial charge < -0.3 is 4.74 Å². The normalized spacial score (nSPS) is 40.5. The predicted molar refractivity (Wildman–Crippen MR) is 88.1 cm³/mol. The van der Waals surface area contributed by atoms with Crippen molar-refractivity contribution in [1.82, 2.24) is 4.90 Å². The molecule has 118 valence electrons. The van der Waals surface area contributed by atoms with Crippen molar-refractivity contribution in [2.24, 2.45) is 5.92 Å². The number of hydrogen-bond acceptors (Lipinski definition) is 2. The Bertz CT molecular complexity index is 567. The van der Waals surface area contributed by atoms with Gasteiger partial charge in [-0.1, -0.05) is 37.1 Å². The standard InChI is InChI=1S/C20H27NO/c1-2-6-17-15(5-1)13-19-18-7-3-4-9-20(17,18)10-11-21(19)14-16-8-12-22-16/h1-2,5-6,16,18-19H,3-4,7-14H2/t16?,18-,19+,20-/m0/s1. The van der Waals surface area contributed by atoms with Crippen LogP contribution in [0.1, 0.15) is 49.7 Å². The highest BCUT2D eigenvalue weighted by atomic mass is 16.5. The average Bonchev–Trinajstić information content (AvgIpc) is 2.52. The number of fused-ring (bicyclic) bond motifs is 1. The summed E-state index contributed by atoms with van der Waals surface area (Å²) in [6.45, 7) is 3.45. The zero-order valence-corrected chi connectivity index (χ0v) is 13.5. The lowest BCUT2D eigenvalue weighted by Gasteiger charge is -2.59. The molecule has 1 saturated carbocycles. The van der Waals surface area contributed by atoms with Crippen LogP contribution in [-0.2, 0) is 16.6 Å². The summed E-state index contributed by atoms with van der Waals surface area (Å²) in [5, 5.41) is 0. The predicted octanol–water partition coefficient (Wildman–Crippen LogP) is 3.53. The van der Waals surface area contributed by atoms with Gasteiger partial charge in [-0.15, -0.1) is 0 Å². The zero-order chi connectivity index (χ0) is 14.6. The van der Waals surface area contributed by atoms with Crippen molar-refractivity contribution in [3.05, 3.63) is 35.4 Å². The van der Waals surface area contributed by atoms with Crippen LogP contribution in [0.25, 0.3) is 0 Å². The second-order valence-electron chi connectivity index (χ2n) is 7.96. The molecule has 22 heavy (non-hydrogen) atoms. The molecule has 2 saturated heterocycles. The van der Waals surface area contributed by atoms with Crippen molar-refractivity contribution in [3.8, 4) is 0 Å². The van der Waals surface area contributed by atoms with E-state index >= 15 is 0 Å². The zero-order valence-electron chi connectivity index (χ0n) is 13.5. The van der Waals surface area contributed by atoms with Crippen LogP contribution in [0.15, 0.2) is 24.3 Å². The summed E-state index contributed by atoms with van der Waals surface area (Å²) in [4.78, 5) is 2.80. The van der Waals surface area contributed by atoms with Crippen molar-refractivity contribution in [1.29, 1.82) is 0 Å².